The van der Waals surface area contributed by atoms with Gasteiger partial charge in [-0.3, -0.25) is 9.59 Å². The van der Waals surface area contributed by atoms with Crippen LogP contribution in [0.4, 0.5) is 5.69 Å². The van der Waals surface area contributed by atoms with E-state index in [2.05, 4.69) is 5.32 Å². The van der Waals surface area contributed by atoms with Crippen molar-refractivity contribution in [1.82, 2.24) is 10.2 Å². The van der Waals surface area contributed by atoms with E-state index in [1.54, 1.807) is 11.8 Å². The van der Waals surface area contributed by atoms with E-state index < -0.39 is 6.10 Å². The molecule has 6 heteroatoms. The Bertz CT molecular complexity index is 626. The van der Waals surface area contributed by atoms with Crippen LogP contribution in [0.25, 0.3) is 0 Å². The van der Waals surface area contributed by atoms with Crippen LogP contribution in [0.15, 0.2) is 24.3 Å². The molecule has 1 atom stereocenters. The van der Waals surface area contributed by atoms with E-state index >= 15 is 0 Å². The van der Waals surface area contributed by atoms with Gasteiger partial charge in [0, 0.05) is 26.1 Å². The van der Waals surface area contributed by atoms with Crippen LogP contribution in [0, 0.1) is 5.92 Å². The van der Waals surface area contributed by atoms with Gasteiger partial charge in [0.2, 0.25) is 5.91 Å². The van der Waals surface area contributed by atoms with E-state index in [4.69, 9.17) is 4.74 Å². The summed E-state index contributed by atoms with van der Waals surface area (Å²) in [6.07, 6.45) is 1.93. The normalized spacial score (nSPS) is 21.0. The van der Waals surface area contributed by atoms with E-state index in [9.17, 15) is 9.59 Å². The van der Waals surface area contributed by atoms with Crippen molar-refractivity contribution in [2.24, 2.45) is 5.92 Å². The Labute approximate surface area is 149 Å². The molecule has 0 radical (unpaired) electrons. The minimum absolute atomic E-state index is 0.0840. The Morgan fingerprint density at radius 3 is 2.72 bits per heavy atom. The molecule has 0 bridgehead atoms. The van der Waals surface area contributed by atoms with Crippen LogP contribution in [0.2, 0.25) is 0 Å². The van der Waals surface area contributed by atoms with Gasteiger partial charge in [0.15, 0.2) is 6.10 Å². The average Bonchev–Trinajstić information content (AvgIpc) is 2.63. The number of ether oxygens (including phenoxy) is 1. The number of piperidine rings is 1. The summed E-state index contributed by atoms with van der Waals surface area (Å²) < 4.78 is 5.64. The number of fused-ring (bicyclic) bond motifs is 1. The first kappa shape index (κ1) is 17.7. The summed E-state index contributed by atoms with van der Waals surface area (Å²) in [4.78, 5) is 28.6. The van der Waals surface area contributed by atoms with Crippen LogP contribution in [0.5, 0.6) is 5.75 Å². The van der Waals surface area contributed by atoms with Crippen LogP contribution in [0.1, 0.15) is 26.2 Å². The Hall–Kier alpha value is -2.08. The Morgan fingerprint density at radius 1 is 1.28 bits per heavy atom. The number of carbonyl (C=O) groups excluding carboxylic acids is 2. The number of amides is 2. The lowest BCUT2D eigenvalue weighted by Gasteiger charge is -2.35. The molecule has 1 N–H and O–H groups in total. The summed E-state index contributed by atoms with van der Waals surface area (Å²) >= 11 is 0. The first-order valence-corrected chi connectivity index (χ1v) is 9.09. The summed E-state index contributed by atoms with van der Waals surface area (Å²) in [5.41, 5.74) is 0.756. The summed E-state index contributed by atoms with van der Waals surface area (Å²) in [5, 5.41) is 3.21. The highest BCUT2D eigenvalue weighted by molar-refractivity contribution is 6.00. The molecular weight excluding hydrogens is 318 g/mol. The van der Waals surface area contributed by atoms with Crippen LogP contribution >= 0.6 is 0 Å². The summed E-state index contributed by atoms with van der Waals surface area (Å²) in [6, 6.07) is 7.50. The molecule has 0 spiro atoms. The number of hydrogen-bond donors (Lipinski definition) is 1. The van der Waals surface area contributed by atoms with Crippen LogP contribution in [0.3, 0.4) is 0 Å². The van der Waals surface area contributed by atoms with Gasteiger partial charge in [0.05, 0.1) is 5.69 Å². The average molecular weight is 345 g/mol. The second-order valence-corrected chi connectivity index (χ2v) is 6.85. The Balaban J connectivity index is 1.58. The first-order chi connectivity index (χ1) is 12.1. The summed E-state index contributed by atoms with van der Waals surface area (Å²) in [6.45, 7) is 4.79. The third-order valence-electron chi connectivity index (χ3n) is 5.08. The van der Waals surface area contributed by atoms with Gasteiger partial charge in [-0.15, -0.1) is 0 Å². The molecule has 0 aliphatic carbocycles. The molecule has 25 heavy (non-hydrogen) atoms. The first-order valence-electron chi connectivity index (χ1n) is 9.09. The van der Waals surface area contributed by atoms with Crippen molar-refractivity contribution in [1.29, 1.82) is 0 Å². The monoisotopic (exact) mass is 345 g/mol. The number of nitrogens with zero attached hydrogens (tertiary/aromatic N) is 2. The second-order valence-electron chi connectivity index (χ2n) is 6.85. The zero-order valence-corrected chi connectivity index (χ0v) is 15.0. The number of nitrogens with one attached hydrogen (secondary N) is 1. The van der Waals surface area contributed by atoms with Gasteiger partial charge < -0.3 is 19.9 Å². The van der Waals surface area contributed by atoms with Crippen molar-refractivity contribution in [3.63, 3.8) is 0 Å². The van der Waals surface area contributed by atoms with Gasteiger partial charge in [0.25, 0.3) is 5.91 Å². The molecular formula is C19H27N3O3. The Kier molecular flexibility index (Phi) is 5.58. The molecule has 1 aromatic rings. The molecule has 1 fully saturated rings. The fraction of sp³-hybridized carbons (Fsp3) is 0.579. The van der Waals surface area contributed by atoms with Crippen LogP contribution in [-0.2, 0) is 9.59 Å². The number of likely N-dealkylation sites (tertiary alicyclic amines) is 1. The standard InChI is InChI=1S/C19H27N3O3/c1-14-19(24)22(16-5-3-4-6-17(16)25-14)12-9-18(23)21-10-7-15(8-11-21)13-20-2/h3-6,14-15,20H,7-13H2,1-2H3. The summed E-state index contributed by atoms with van der Waals surface area (Å²) in [5.74, 6) is 1.41. The predicted molar refractivity (Wildman–Crippen MR) is 96.7 cm³/mol. The van der Waals surface area contributed by atoms with E-state index in [-0.39, 0.29) is 11.8 Å². The van der Waals surface area contributed by atoms with Gasteiger partial charge in [-0.05, 0) is 51.4 Å². The van der Waals surface area contributed by atoms with E-state index in [0.717, 1.165) is 38.2 Å². The predicted octanol–water partition coefficient (Wildman–Crippen LogP) is 1.65. The SMILES string of the molecule is CNCC1CCN(C(=O)CCN2C(=O)C(C)Oc3ccccc32)CC1. The fourth-order valence-corrected chi connectivity index (χ4v) is 3.63. The molecule has 1 aromatic carbocycles. The van der Waals surface area contributed by atoms with Crippen molar-refractivity contribution in [2.45, 2.75) is 32.3 Å². The fourth-order valence-electron chi connectivity index (χ4n) is 3.63. The molecule has 2 aliphatic rings. The van der Waals surface area contributed by atoms with Gasteiger partial charge in [-0.25, -0.2) is 0 Å². The minimum Gasteiger partial charge on any atom is -0.479 e. The zero-order valence-electron chi connectivity index (χ0n) is 15.0. The van der Waals surface area contributed by atoms with Crippen molar-refractivity contribution in [3.8, 4) is 5.75 Å². The lowest BCUT2D eigenvalue weighted by molar-refractivity contribution is -0.132. The number of carbonyl (C=O) groups is 2. The van der Waals surface area contributed by atoms with E-state index in [1.807, 2.05) is 36.2 Å². The lowest BCUT2D eigenvalue weighted by atomic mass is 9.96. The smallest absolute Gasteiger partial charge is 0.267 e. The molecule has 0 aromatic heterocycles. The number of hydrogen-bond acceptors (Lipinski definition) is 4. The van der Waals surface area contributed by atoms with Gasteiger partial charge >= 0.3 is 0 Å². The molecule has 1 unspecified atom stereocenters. The van der Waals surface area contributed by atoms with Crippen molar-refractivity contribution in [2.75, 3.05) is 38.1 Å². The van der Waals surface area contributed by atoms with Gasteiger partial charge in [-0.2, -0.15) is 0 Å². The summed E-state index contributed by atoms with van der Waals surface area (Å²) in [7, 11) is 1.97. The number of benzene rings is 1. The third-order valence-corrected chi connectivity index (χ3v) is 5.08. The Morgan fingerprint density at radius 2 is 2.00 bits per heavy atom. The van der Waals surface area contributed by atoms with Crippen LogP contribution < -0.4 is 15.0 Å². The zero-order chi connectivity index (χ0) is 17.8. The second kappa shape index (κ2) is 7.87. The van der Waals surface area contributed by atoms with E-state index in [0.29, 0.717) is 24.6 Å². The van der Waals surface area contributed by atoms with E-state index in [1.165, 1.54) is 0 Å². The van der Waals surface area contributed by atoms with Crippen LogP contribution in [-0.4, -0.2) is 56.0 Å². The number of anilines is 1. The largest absolute Gasteiger partial charge is 0.479 e. The maximum absolute atomic E-state index is 12.5. The topological polar surface area (TPSA) is 61.9 Å². The molecule has 2 heterocycles. The lowest BCUT2D eigenvalue weighted by Crippen LogP contribution is -2.47. The molecule has 0 saturated carbocycles. The molecule has 3 rings (SSSR count). The maximum Gasteiger partial charge on any atom is 0.267 e. The highest BCUT2D eigenvalue weighted by Crippen LogP contribution is 2.33. The molecule has 2 aliphatic heterocycles. The highest BCUT2D eigenvalue weighted by atomic mass is 16.5. The highest BCUT2D eigenvalue weighted by Gasteiger charge is 2.32. The molecule has 6 nitrogen and oxygen atoms in total. The van der Waals surface area contributed by atoms with Crippen molar-refractivity contribution in [3.05, 3.63) is 24.3 Å². The van der Waals surface area contributed by atoms with Crippen molar-refractivity contribution < 1.29 is 14.3 Å². The molecule has 136 valence electrons. The van der Waals surface area contributed by atoms with Gasteiger partial charge in [0.1, 0.15) is 5.75 Å². The van der Waals surface area contributed by atoms with Gasteiger partial charge in [-0.1, -0.05) is 12.1 Å². The molecule has 1 saturated heterocycles. The number of para-hydroxylation sites is 2. The number of rotatable bonds is 5. The maximum atomic E-state index is 12.5. The quantitative estimate of drug-likeness (QED) is 0.881. The molecule has 2 amide bonds. The minimum atomic E-state index is -0.512. The van der Waals surface area contributed by atoms with Crippen molar-refractivity contribution >= 4 is 17.5 Å². The third kappa shape index (κ3) is 3.95.